The topological polar surface area (TPSA) is 82.7 Å². The molecule has 3 heterocycles. The standard InChI is InChI=1S/C27H35N5O3/c1-18-24-22(16-23(34-2)25(18)35-3)29-27(30-26(24)33)32-13-9-20(10-14-32)28-17-19-7-6-8-21(15-19)31-11-4-5-12-31/h6-8,15-16,20,28H,4-5,9-14,17H2,1-3H3,(H,29,30,33). The molecule has 0 spiro atoms. The van der Waals surface area contributed by atoms with Crippen molar-refractivity contribution in [3.8, 4) is 11.5 Å². The molecular formula is C27H35N5O3. The molecule has 2 aliphatic heterocycles. The van der Waals surface area contributed by atoms with E-state index in [1.165, 1.54) is 37.2 Å². The van der Waals surface area contributed by atoms with Gasteiger partial charge in [0.25, 0.3) is 5.56 Å². The average molecular weight is 478 g/mol. The van der Waals surface area contributed by atoms with Crippen molar-refractivity contribution in [3.05, 3.63) is 51.8 Å². The molecule has 2 aliphatic rings. The summed E-state index contributed by atoms with van der Waals surface area (Å²) in [6.07, 6.45) is 4.58. The number of anilines is 2. The molecular weight excluding hydrogens is 442 g/mol. The van der Waals surface area contributed by atoms with Crippen molar-refractivity contribution in [3.63, 3.8) is 0 Å². The minimum absolute atomic E-state index is 0.245. The maximum Gasteiger partial charge on any atom is 0.282 e. The van der Waals surface area contributed by atoms with Crippen LogP contribution in [0, 0.1) is 6.92 Å². The zero-order valence-corrected chi connectivity index (χ0v) is 20.9. The van der Waals surface area contributed by atoms with E-state index in [4.69, 9.17) is 9.47 Å². The van der Waals surface area contributed by atoms with Gasteiger partial charge in [-0.2, -0.15) is 4.98 Å². The number of ether oxygens (including phenoxy) is 2. The van der Waals surface area contributed by atoms with Gasteiger partial charge in [-0.15, -0.1) is 0 Å². The fraction of sp³-hybridized carbons (Fsp3) is 0.481. The summed E-state index contributed by atoms with van der Waals surface area (Å²) in [6.45, 7) is 6.75. The highest BCUT2D eigenvalue weighted by Crippen LogP contribution is 2.35. The fourth-order valence-electron chi connectivity index (χ4n) is 5.39. The predicted octanol–water partition coefficient (Wildman–Crippen LogP) is 3.61. The van der Waals surface area contributed by atoms with E-state index in [1.807, 2.05) is 13.0 Å². The number of methoxy groups -OCH3 is 2. The van der Waals surface area contributed by atoms with Crippen LogP contribution in [0.1, 0.15) is 36.8 Å². The summed E-state index contributed by atoms with van der Waals surface area (Å²) in [5, 5.41) is 4.28. The van der Waals surface area contributed by atoms with E-state index in [0.29, 0.717) is 34.4 Å². The third kappa shape index (κ3) is 4.80. The van der Waals surface area contributed by atoms with Gasteiger partial charge in [0, 0.05) is 56.1 Å². The van der Waals surface area contributed by atoms with Gasteiger partial charge in [-0.25, -0.2) is 0 Å². The van der Waals surface area contributed by atoms with Gasteiger partial charge in [-0.05, 0) is 50.3 Å². The minimum atomic E-state index is -0.245. The monoisotopic (exact) mass is 477 g/mol. The number of aromatic nitrogens is 2. The summed E-state index contributed by atoms with van der Waals surface area (Å²) >= 11 is 0. The average Bonchev–Trinajstić information content (AvgIpc) is 3.42. The zero-order valence-electron chi connectivity index (χ0n) is 20.9. The van der Waals surface area contributed by atoms with Crippen LogP contribution in [-0.4, -0.2) is 56.4 Å². The number of aryl methyl sites for hydroxylation is 1. The molecule has 0 amide bonds. The first-order valence-corrected chi connectivity index (χ1v) is 12.5. The summed E-state index contributed by atoms with van der Waals surface area (Å²) in [4.78, 5) is 25.3. The van der Waals surface area contributed by atoms with Crippen LogP contribution in [0.15, 0.2) is 35.1 Å². The van der Waals surface area contributed by atoms with Gasteiger partial charge < -0.3 is 29.6 Å². The van der Waals surface area contributed by atoms with Crippen LogP contribution < -0.4 is 30.1 Å². The van der Waals surface area contributed by atoms with E-state index >= 15 is 0 Å². The van der Waals surface area contributed by atoms with Gasteiger partial charge in [-0.3, -0.25) is 4.79 Å². The number of piperidine rings is 1. The van der Waals surface area contributed by atoms with E-state index < -0.39 is 0 Å². The smallest absolute Gasteiger partial charge is 0.282 e. The van der Waals surface area contributed by atoms with Crippen LogP contribution in [0.25, 0.3) is 10.9 Å². The number of nitrogens with one attached hydrogen (secondary N) is 2. The number of benzene rings is 2. The number of rotatable bonds is 7. The maximum absolute atomic E-state index is 12.9. The van der Waals surface area contributed by atoms with Crippen LogP contribution in [0.5, 0.6) is 11.5 Å². The molecule has 0 aliphatic carbocycles. The van der Waals surface area contributed by atoms with Crippen molar-refractivity contribution in [2.75, 3.05) is 50.2 Å². The summed E-state index contributed by atoms with van der Waals surface area (Å²) in [6, 6.07) is 11.2. The summed E-state index contributed by atoms with van der Waals surface area (Å²) in [5.74, 6) is 1.78. The van der Waals surface area contributed by atoms with Crippen molar-refractivity contribution >= 4 is 22.5 Å². The SMILES string of the molecule is COc1cc2[nH]c(N3CCC(NCc4cccc(N5CCCC5)c4)CC3)nc(=O)c2c(C)c1OC. The van der Waals surface area contributed by atoms with Gasteiger partial charge in [-0.1, -0.05) is 12.1 Å². The lowest BCUT2D eigenvalue weighted by atomic mass is 10.0. The summed E-state index contributed by atoms with van der Waals surface area (Å²) < 4.78 is 10.9. The van der Waals surface area contributed by atoms with E-state index in [2.05, 4.69) is 49.4 Å². The molecule has 5 rings (SSSR count). The highest BCUT2D eigenvalue weighted by atomic mass is 16.5. The zero-order chi connectivity index (χ0) is 24.4. The van der Waals surface area contributed by atoms with Gasteiger partial charge >= 0.3 is 0 Å². The quantitative estimate of drug-likeness (QED) is 0.538. The maximum atomic E-state index is 12.9. The molecule has 186 valence electrons. The Morgan fingerprint density at radius 3 is 2.54 bits per heavy atom. The van der Waals surface area contributed by atoms with Crippen molar-refractivity contribution in [2.24, 2.45) is 0 Å². The number of fused-ring (bicyclic) bond motifs is 1. The molecule has 0 radical (unpaired) electrons. The Morgan fingerprint density at radius 1 is 1.06 bits per heavy atom. The molecule has 0 atom stereocenters. The van der Waals surface area contributed by atoms with Crippen molar-refractivity contribution < 1.29 is 9.47 Å². The Balaban J connectivity index is 1.24. The lowest BCUT2D eigenvalue weighted by molar-refractivity contribution is 0.354. The van der Waals surface area contributed by atoms with Gasteiger partial charge in [0.15, 0.2) is 11.5 Å². The normalized spacial score (nSPS) is 16.8. The van der Waals surface area contributed by atoms with Crippen LogP contribution in [0.2, 0.25) is 0 Å². The van der Waals surface area contributed by atoms with Gasteiger partial charge in [0.05, 0.1) is 25.1 Å². The molecule has 8 nitrogen and oxygen atoms in total. The first-order chi connectivity index (χ1) is 17.1. The lowest BCUT2D eigenvalue weighted by Gasteiger charge is -2.33. The van der Waals surface area contributed by atoms with Crippen molar-refractivity contribution in [1.29, 1.82) is 0 Å². The first-order valence-electron chi connectivity index (χ1n) is 12.5. The first kappa shape index (κ1) is 23.5. The second-order valence-electron chi connectivity index (χ2n) is 9.53. The highest BCUT2D eigenvalue weighted by Gasteiger charge is 2.23. The number of aromatic amines is 1. The van der Waals surface area contributed by atoms with Gasteiger partial charge in [0.1, 0.15) is 0 Å². The lowest BCUT2D eigenvalue weighted by Crippen LogP contribution is -2.43. The molecule has 3 aromatic rings. The van der Waals surface area contributed by atoms with Crippen LogP contribution in [0.4, 0.5) is 11.6 Å². The second-order valence-corrected chi connectivity index (χ2v) is 9.53. The highest BCUT2D eigenvalue weighted by molar-refractivity contribution is 5.86. The molecule has 2 N–H and O–H groups in total. The Bertz CT molecular complexity index is 1240. The number of hydrogen-bond donors (Lipinski definition) is 2. The van der Waals surface area contributed by atoms with Crippen LogP contribution in [0.3, 0.4) is 0 Å². The van der Waals surface area contributed by atoms with E-state index in [0.717, 1.165) is 38.0 Å². The van der Waals surface area contributed by atoms with E-state index in [9.17, 15) is 4.79 Å². The van der Waals surface area contributed by atoms with Crippen molar-refractivity contribution in [2.45, 2.75) is 45.2 Å². The predicted molar refractivity (Wildman–Crippen MR) is 140 cm³/mol. The Hall–Kier alpha value is -3.26. The Labute approximate surface area is 206 Å². The molecule has 1 aromatic heterocycles. The molecule has 2 aromatic carbocycles. The number of hydrogen-bond acceptors (Lipinski definition) is 7. The molecule has 0 saturated carbocycles. The third-order valence-electron chi connectivity index (χ3n) is 7.35. The number of nitrogens with zero attached hydrogens (tertiary/aromatic N) is 3. The van der Waals surface area contributed by atoms with Crippen LogP contribution in [-0.2, 0) is 6.54 Å². The molecule has 0 unspecified atom stereocenters. The minimum Gasteiger partial charge on any atom is -0.493 e. The number of H-pyrrole nitrogens is 1. The van der Waals surface area contributed by atoms with Crippen LogP contribution >= 0.6 is 0 Å². The second kappa shape index (κ2) is 10.2. The van der Waals surface area contributed by atoms with Gasteiger partial charge in [0.2, 0.25) is 5.95 Å². The Kier molecular flexibility index (Phi) is 6.81. The van der Waals surface area contributed by atoms with E-state index in [-0.39, 0.29) is 5.56 Å². The third-order valence-corrected chi connectivity index (χ3v) is 7.35. The summed E-state index contributed by atoms with van der Waals surface area (Å²) in [7, 11) is 3.18. The molecule has 35 heavy (non-hydrogen) atoms. The Morgan fingerprint density at radius 2 is 1.83 bits per heavy atom. The summed E-state index contributed by atoms with van der Waals surface area (Å²) in [5.41, 5.74) is 3.88. The largest absolute Gasteiger partial charge is 0.493 e. The molecule has 8 heteroatoms. The molecule has 0 bridgehead atoms. The molecule has 2 saturated heterocycles. The fourth-order valence-corrected chi connectivity index (χ4v) is 5.39. The molecule has 2 fully saturated rings. The van der Waals surface area contributed by atoms with E-state index in [1.54, 1.807) is 14.2 Å². The van der Waals surface area contributed by atoms with Crippen molar-refractivity contribution in [1.82, 2.24) is 15.3 Å².